The van der Waals surface area contributed by atoms with Gasteiger partial charge in [0.05, 0.1) is 22.9 Å². The molecule has 2 aromatic carbocycles. The average Bonchev–Trinajstić information content (AvgIpc) is 3.30. The lowest BCUT2D eigenvalue weighted by molar-refractivity contribution is -0.137. The first kappa shape index (κ1) is 23.3. The van der Waals surface area contributed by atoms with E-state index in [0.717, 1.165) is 22.5 Å². The number of hydrazine groups is 1. The summed E-state index contributed by atoms with van der Waals surface area (Å²) in [6, 6.07) is 13.6. The third-order valence-electron chi connectivity index (χ3n) is 5.91. The van der Waals surface area contributed by atoms with Crippen molar-refractivity contribution in [2.45, 2.75) is 26.7 Å². The van der Waals surface area contributed by atoms with E-state index < -0.39 is 11.9 Å². The van der Waals surface area contributed by atoms with E-state index in [9.17, 15) is 14.4 Å². The average molecular weight is 470 g/mol. The molecule has 176 valence electrons. The molecule has 3 aromatic rings. The highest BCUT2D eigenvalue weighted by atomic mass is 16.4. The number of amides is 2. The fraction of sp³-hybridized carbons (Fsp3) is 0.154. The van der Waals surface area contributed by atoms with Gasteiger partial charge in [-0.25, -0.2) is 0 Å². The topological polar surface area (TPSA) is 147 Å². The van der Waals surface area contributed by atoms with Crippen LogP contribution < -0.4 is 16.2 Å². The molecule has 9 heteroatoms. The van der Waals surface area contributed by atoms with Crippen molar-refractivity contribution in [2.75, 3.05) is 10.7 Å². The number of rotatable bonds is 7. The molecule has 2 heterocycles. The van der Waals surface area contributed by atoms with Crippen molar-refractivity contribution < 1.29 is 19.5 Å². The highest BCUT2D eigenvalue weighted by Gasteiger charge is 2.26. The third-order valence-corrected chi connectivity index (χ3v) is 5.91. The van der Waals surface area contributed by atoms with Gasteiger partial charge in [-0.2, -0.15) is 5.26 Å². The summed E-state index contributed by atoms with van der Waals surface area (Å²) in [5.41, 5.74) is 11.9. The van der Waals surface area contributed by atoms with Gasteiger partial charge in [-0.15, -0.1) is 0 Å². The van der Waals surface area contributed by atoms with Crippen molar-refractivity contribution in [1.82, 2.24) is 10.4 Å². The maximum atomic E-state index is 12.7. The summed E-state index contributed by atoms with van der Waals surface area (Å²) in [7, 11) is 0. The first-order valence-corrected chi connectivity index (χ1v) is 10.9. The first-order valence-electron chi connectivity index (χ1n) is 10.9. The number of carboxylic acids is 1. The van der Waals surface area contributed by atoms with Crippen molar-refractivity contribution in [3.63, 3.8) is 0 Å². The minimum Gasteiger partial charge on any atom is -0.481 e. The fourth-order valence-electron chi connectivity index (χ4n) is 4.01. The van der Waals surface area contributed by atoms with Crippen LogP contribution in [0.5, 0.6) is 0 Å². The largest absolute Gasteiger partial charge is 0.481 e. The van der Waals surface area contributed by atoms with E-state index in [0.29, 0.717) is 40.1 Å². The summed E-state index contributed by atoms with van der Waals surface area (Å²) in [6.07, 6.45) is 2.14. The second-order valence-electron chi connectivity index (χ2n) is 8.20. The minimum absolute atomic E-state index is 0.0217. The number of carbonyl (C=O) groups excluding carboxylic acids is 2. The van der Waals surface area contributed by atoms with Crippen LogP contribution in [0.3, 0.4) is 0 Å². The Hall–Kier alpha value is -4.84. The van der Waals surface area contributed by atoms with Gasteiger partial charge < -0.3 is 15.4 Å². The van der Waals surface area contributed by atoms with E-state index in [-0.39, 0.29) is 12.3 Å². The Morgan fingerprint density at radius 2 is 1.89 bits per heavy atom. The van der Waals surface area contributed by atoms with Gasteiger partial charge in [0.1, 0.15) is 0 Å². The number of benzene rings is 2. The Bertz CT molecular complexity index is 1410. The predicted octanol–water partition coefficient (Wildman–Crippen LogP) is 3.77. The van der Waals surface area contributed by atoms with Crippen LogP contribution in [0, 0.1) is 25.2 Å². The number of aromatic nitrogens is 1. The van der Waals surface area contributed by atoms with Gasteiger partial charge in [0.15, 0.2) is 0 Å². The van der Waals surface area contributed by atoms with Crippen LogP contribution in [0.2, 0.25) is 0 Å². The predicted molar refractivity (Wildman–Crippen MR) is 131 cm³/mol. The monoisotopic (exact) mass is 469 g/mol. The number of fused-ring (bicyclic) bond motifs is 1. The van der Waals surface area contributed by atoms with Crippen LogP contribution in [0.15, 0.2) is 42.5 Å². The number of nitrogens with one attached hydrogen (secondary N) is 4. The van der Waals surface area contributed by atoms with Crippen LogP contribution in [0.25, 0.3) is 11.6 Å². The van der Waals surface area contributed by atoms with Gasteiger partial charge in [0.2, 0.25) is 0 Å². The molecular weight excluding hydrogens is 446 g/mol. The zero-order valence-corrected chi connectivity index (χ0v) is 19.2. The van der Waals surface area contributed by atoms with Crippen LogP contribution >= 0.6 is 0 Å². The summed E-state index contributed by atoms with van der Waals surface area (Å²) in [5, 5.41) is 20.7. The number of carboxylic acid groups (broad SMARTS) is 1. The molecule has 0 spiro atoms. The second-order valence-corrected chi connectivity index (χ2v) is 8.20. The Labute approximate surface area is 201 Å². The normalized spacial score (nSPS) is 13.2. The van der Waals surface area contributed by atoms with E-state index in [1.807, 2.05) is 19.9 Å². The van der Waals surface area contributed by atoms with Crippen molar-refractivity contribution >= 4 is 40.8 Å². The molecule has 0 unspecified atom stereocenters. The van der Waals surface area contributed by atoms with Gasteiger partial charge in [0.25, 0.3) is 11.8 Å². The number of hydrogen-bond acceptors (Lipinski definition) is 5. The molecule has 0 radical (unpaired) electrons. The zero-order valence-electron chi connectivity index (χ0n) is 19.2. The molecule has 0 atom stereocenters. The molecule has 0 bridgehead atoms. The molecule has 0 saturated carbocycles. The second kappa shape index (κ2) is 9.57. The van der Waals surface area contributed by atoms with Gasteiger partial charge in [-0.05, 0) is 79.9 Å². The number of H-pyrrole nitrogens is 1. The number of hydrogen-bond donors (Lipinski definition) is 5. The molecule has 35 heavy (non-hydrogen) atoms. The summed E-state index contributed by atoms with van der Waals surface area (Å²) >= 11 is 0. The number of nitrogens with zero attached hydrogens (tertiary/aromatic N) is 1. The summed E-state index contributed by atoms with van der Waals surface area (Å²) in [6.45, 7) is 3.76. The molecule has 5 N–H and O–H groups in total. The van der Waals surface area contributed by atoms with Crippen LogP contribution in [-0.4, -0.2) is 27.9 Å². The summed E-state index contributed by atoms with van der Waals surface area (Å²) in [5.74, 6) is -1.54. The Kier molecular flexibility index (Phi) is 6.38. The number of aliphatic carboxylic acids is 1. The molecular formula is C26H23N5O4. The van der Waals surface area contributed by atoms with Crippen molar-refractivity contribution in [2.24, 2.45) is 0 Å². The Morgan fingerprint density at radius 1 is 1.14 bits per heavy atom. The van der Waals surface area contributed by atoms with Gasteiger partial charge in [-0.1, -0.05) is 0 Å². The highest BCUT2D eigenvalue weighted by Crippen LogP contribution is 2.35. The SMILES string of the molecule is Cc1[nH]c(/C=C2\C(=O)Nc3ccc(C(=O)NNc4ccc(C#N)cc4)cc32)c(C)c1CCC(=O)O. The van der Waals surface area contributed by atoms with Crippen molar-refractivity contribution in [1.29, 1.82) is 5.26 Å². The van der Waals surface area contributed by atoms with Gasteiger partial charge in [0, 0.05) is 34.6 Å². The standard InChI is InChI=1S/C26H23N5O4/c1-14-19(8-10-24(32)33)15(2)28-23(14)12-21-20-11-17(5-9-22(20)29-26(21)35)25(34)31-30-18-6-3-16(13-27)4-7-18/h3-7,9,11-12,28,30H,8,10H2,1-2H3,(H,29,35)(H,31,34)(H,32,33)/b21-12-. The number of aromatic amines is 1. The molecule has 9 nitrogen and oxygen atoms in total. The molecule has 0 fully saturated rings. The molecule has 0 saturated heterocycles. The number of nitriles is 1. The summed E-state index contributed by atoms with van der Waals surface area (Å²) < 4.78 is 0. The third kappa shape index (κ3) is 4.91. The quantitative estimate of drug-likeness (QED) is 0.263. The lowest BCUT2D eigenvalue weighted by atomic mass is 10.0. The van der Waals surface area contributed by atoms with Gasteiger partial charge >= 0.3 is 5.97 Å². The maximum Gasteiger partial charge on any atom is 0.303 e. The van der Waals surface area contributed by atoms with Gasteiger partial charge in [-0.3, -0.25) is 25.2 Å². The number of aryl methyl sites for hydroxylation is 1. The number of anilines is 2. The lowest BCUT2D eigenvalue weighted by Gasteiger charge is -2.09. The summed E-state index contributed by atoms with van der Waals surface area (Å²) in [4.78, 5) is 39.6. The fourth-order valence-corrected chi connectivity index (χ4v) is 4.01. The highest BCUT2D eigenvalue weighted by molar-refractivity contribution is 6.35. The minimum atomic E-state index is -0.867. The Balaban J connectivity index is 1.56. The van der Waals surface area contributed by atoms with E-state index >= 15 is 0 Å². The first-order chi connectivity index (χ1) is 16.8. The molecule has 0 aliphatic carbocycles. The zero-order chi connectivity index (χ0) is 25.1. The molecule has 2 amide bonds. The Morgan fingerprint density at radius 3 is 2.57 bits per heavy atom. The molecule has 1 aliphatic rings. The lowest BCUT2D eigenvalue weighted by Crippen LogP contribution is -2.29. The van der Waals surface area contributed by atoms with E-state index in [1.54, 1.807) is 48.5 Å². The maximum absolute atomic E-state index is 12.7. The van der Waals surface area contributed by atoms with Crippen molar-refractivity contribution in [3.8, 4) is 6.07 Å². The van der Waals surface area contributed by atoms with Crippen molar-refractivity contribution in [3.05, 3.63) is 81.7 Å². The van der Waals surface area contributed by atoms with Crippen LogP contribution in [-0.2, 0) is 16.0 Å². The van der Waals surface area contributed by atoms with Crippen LogP contribution in [0.1, 0.15) is 50.4 Å². The molecule has 1 aromatic heterocycles. The van der Waals surface area contributed by atoms with E-state index in [4.69, 9.17) is 10.4 Å². The number of carbonyl (C=O) groups is 3. The smallest absolute Gasteiger partial charge is 0.303 e. The van der Waals surface area contributed by atoms with E-state index in [1.165, 1.54) is 0 Å². The molecule has 4 rings (SSSR count). The van der Waals surface area contributed by atoms with Crippen LogP contribution in [0.4, 0.5) is 11.4 Å². The molecule has 1 aliphatic heterocycles. The van der Waals surface area contributed by atoms with E-state index in [2.05, 4.69) is 21.2 Å².